The van der Waals surface area contributed by atoms with Crippen LogP contribution in [0, 0.1) is 0 Å². The lowest BCUT2D eigenvalue weighted by molar-refractivity contribution is 0.00578. The van der Waals surface area contributed by atoms with Crippen LogP contribution in [0.5, 0.6) is 5.75 Å². The van der Waals surface area contributed by atoms with Crippen LogP contribution in [0.15, 0.2) is 49.3 Å². The molecule has 0 atom stereocenters. The van der Waals surface area contributed by atoms with Crippen molar-refractivity contribution < 1.29 is 14.0 Å². The molecule has 2 N–H and O–H groups in total. The zero-order valence-electron chi connectivity index (χ0n) is 15.1. The van der Waals surface area contributed by atoms with Gasteiger partial charge < -0.3 is 19.8 Å². The monoisotopic (exact) mass is 338 g/mol. The summed E-state index contributed by atoms with van der Waals surface area (Å²) in [6.07, 6.45) is 3.42. The minimum absolute atomic E-state index is 0.403. The molecular weight excluding hydrogens is 315 g/mol. The molecule has 0 aliphatic carbocycles. The molecule has 1 aliphatic heterocycles. The van der Waals surface area contributed by atoms with Crippen LogP contribution in [0.3, 0.4) is 0 Å². The third-order valence-corrected chi connectivity index (χ3v) is 4.76. The molecule has 0 amide bonds. The second kappa shape index (κ2) is 6.21. The van der Waals surface area contributed by atoms with Gasteiger partial charge in [-0.3, -0.25) is 4.98 Å². The molecule has 1 aromatic heterocycles. The Bertz CT molecular complexity index is 789. The minimum atomic E-state index is -0.480. The van der Waals surface area contributed by atoms with Gasteiger partial charge in [-0.2, -0.15) is 0 Å². The van der Waals surface area contributed by atoms with Gasteiger partial charge >= 0.3 is 7.12 Å². The molecule has 130 valence electrons. The van der Waals surface area contributed by atoms with Gasteiger partial charge in [-0.1, -0.05) is 18.7 Å². The fourth-order valence-corrected chi connectivity index (χ4v) is 2.48. The number of nitrogens with two attached hydrogens (primary N) is 1. The lowest BCUT2D eigenvalue weighted by Gasteiger charge is -2.32. The van der Waals surface area contributed by atoms with E-state index in [-0.39, 0.29) is 0 Å². The van der Waals surface area contributed by atoms with Gasteiger partial charge in [0.05, 0.1) is 16.9 Å². The predicted octanol–water partition coefficient (Wildman–Crippen LogP) is 3.01. The van der Waals surface area contributed by atoms with Crippen molar-refractivity contribution in [1.82, 2.24) is 4.98 Å². The molecule has 0 bridgehead atoms. The van der Waals surface area contributed by atoms with E-state index in [9.17, 15) is 0 Å². The van der Waals surface area contributed by atoms with Crippen LogP contribution < -0.4 is 15.9 Å². The van der Waals surface area contributed by atoms with E-state index in [1.807, 2.05) is 45.9 Å². The number of benzene rings is 1. The number of nitrogen functional groups attached to an aromatic ring is 1. The van der Waals surface area contributed by atoms with Crippen molar-refractivity contribution in [2.45, 2.75) is 38.9 Å². The highest BCUT2D eigenvalue weighted by molar-refractivity contribution is 6.62. The highest BCUT2D eigenvalue weighted by atomic mass is 16.7. The molecule has 0 saturated carbocycles. The number of hydrogen-bond donors (Lipinski definition) is 1. The number of para-hydroxylation sites is 2. The van der Waals surface area contributed by atoms with Crippen molar-refractivity contribution in [3.05, 3.63) is 54.9 Å². The molecule has 1 fully saturated rings. The molecule has 2 heterocycles. The number of rotatable bonds is 4. The average Bonchev–Trinajstić information content (AvgIpc) is 2.78. The maximum Gasteiger partial charge on any atom is 0.496 e. The Labute approximate surface area is 149 Å². The van der Waals surface area contributed by atoms with E-state index in [4.69, 9.17) is 19.8 Å². The molecule has 5 nitrogen and oxygen atoms in total. The highest BCUT2D eigenvalue weighted by Gasteiger charge is 2.51. The van der Waals surface area contributed by atoms with Gasteiger partial charge in [0.2, 0.25) is 0 Å². The van der Waals surface area contributed by atoms with Gasteiger partial charge in [0, 0.05) is 23.4 Å². The van der Waals surface area contributed by atoms with Crippen LogP contribution in [0.25, 0.3) is 5.76 Å². The van der Waals surface area contributed by atoms with Crippen molar-refractivity contribution in [3.8, 4) is 5.75 Å². The van der Waals surface area contributed by atoms with Crippen molar-refractivity contribution >= 4 is 24.0 Å². The van der Waals surface area contributed by atoms with Crippen LogP contribution in [0.4, 0.5) is 5.69 Å². The van der Waals surface area contributed by atoms with Crippen molar-refractivity contribution in [3.63, 3.8) is 0 Å². The number of nitrogens with zero attached hydrogens (tertiary/aromatic N) is 1. The van der Waals surface area contributed by atoms with Crippen LogP contribution in [0.2, 0.25) is 0 Å². The third kappa shape index (κ3) is 3.41. The number of hydrogen-bond acceptors (Lipinski definition) is 5. The summed E-state index contributed by atoms with van der Waals surface area (Å²) in [5.41, 5.74) is 7.23. The molecule has 25 heavy (non-hydrogen) atoms. The first-order valence-corrected chi connectivity index (χ1v) is 8.22. The average molecular weight is 338 g/mol. The van der Waals surface area contributed by atoms with Gasteiger partial charge in [0.25, 0.3) is 0 Å². The third-order valence-electron chi connectivity index (χ3n) is 4.76. The number of pyridine rings is 1. The van der Waals surface area contributed by atoms with E-state index < -0.39 is 18.3 Å². The molecule has 1 aromatic carbocycles. The molecule has 0 radical (unpaired) electrons. The van der Waals surface area contributed by atoms with Crippen molar-refractivity contribution in [2.24, 2.45) is 0 Å². The summed E-state index contributed by atoms with van der Waals surface area (Å²) in [7, 11) is -0.480. The summed E-state index contributed by atoms with van der Waals surface area (Å²) in [4.78, 5) is 4.28. The van der Waals surface area contributed by atoms with E-state index in [0.717, 1.165) is 11.0 Å². The molecule has 1 aliphatic rings. The smallest absolute Gasteiger partial charge is 0.455 e. The fourth-order valence-electron chi connectivity index (χ4n) is 2.48. The Kier molecular flexibility index (Phi) is 4.35. The Balaban J connectivity index is 1.81. The van der Waals surface area contributed by atoms with Crippen LogP contribution in [-0.4, -0.2) is 23.3 Å². The van der Waals surface area contributed by atoms with Gasteiger partial charge in [-0.25, -0.2) is 0 Å². The Hall–Kier alpha value is -2.31. The second-order valence-electron chi connectivity index (χ2n) is 7.16. The number of aromatic nitrogens is 1. The summed E-state index contributed by atoms with van der Waals surface area (Å²) in [5.74, 6) is 1.03. The van der Waals surface area contributed by atoms with E-state index in [2.05, 4.69) is 11.6 Å². The van der Waals surface area contributed by atoms with E-state index in [1.165, 1.54) is 0 Å². The topological polar surface area (TPSA) is 66.6 Å². The van der Waals surface area contributed by atoms with Crippen molar-refractivity contribution in [1.29, 1.82) is 0 Å². The summed E-state index contributed by atoms with van der Waals surface area (Å²) in [6, 6.07) is 9.20. The maximum atomic E-state index is 6.07. The van der Waals surface area contributed by atoms with E-state index >= 15 is 0 Å². The van der Waals surface area contributed by atoms with Gasteiger partial charge in [0.1, 0.15) is 11.5 Å². The van der Waals surface area contributed by atoms with Gasteiger partial charge in [-0.05, 0) is 45.9 Å². The lowest BCUT2D eigenvalue weighted by Crippen LogP contribution is -2.41. The van der Waals surface area contributed by atoms with Crippen LogP contribution in [0.1, 0.15) is 33.3 Å². The molecular formula is C19H23BN2O3. The molecule has 6 heteroatoms. The van der Waals surface area contributed by atoms with Crippen molar-refractivity contribution in [2.75, 3.05) is 5.73 Å². The van der Waals surface area contributed by atoms with Crippen LogP contribution in [-0.2, 0) is 9.31 Å². The Morgan fingerprint density at radius 1 is 1.12 bits per heavy atom. The first-order chi connectivity index (χ1) is 11.7. The Morgan fingerprint density at radius 2 is 1.76 bits per heavy atom. The predicted molar refractivity (Wildman–Crippen MR) is 100 cm³/mol. The minimum Gasteiger partial charge on any atom is -0.455 e. The molecule has 0 unspecified atom stereocenters. The largest absolute Gasteiger partial charge is 0.496 e. The van der Waals surface area contributed by atoms with Gasteiger partial charge in [0.15, 0.2) is 0 Å². The summed E-state index contributed by atoms with van der Waals surface area (Å²) in [6.45, 7) is 12.1. The quantitative estimate of drug-likeness (QED) is 0.527. The summed E-state index contributed by atoms with van der Waals surface area (Å²) >= 11 is 0. The number of anilines is 1. The molecule has 1 saturated heterocycles. The zero-order chi connectivity index (χ0) is 18.2. The second-order valence-corrected chi connectivity index (χ2v) is 7.16. The first-order valence-electron chi connectivity index (χ1n) is 8.22. The van der Waals surface area contributed by atoms with Crippen LogP contribution >= 0.6 is 0 Å². The summed E-state index contributed by atoms with van der Waals surface area (Å²) in [5, 5.41) is 0. The van der Waals surface area contributed by atoms with Gasteiger partial charge in [-0.15, -0.1) is 0 Å². The number of ether oxygens (including phenoxy) is 1. The van der Waals surface area contributed by atoms with E-state index in [0.29, 0.717) is 17.2 Å². The Morgan fingerprint density at radius 3 is 2.40 bits per heavy atom. The SMILES string of the molecule is C=C(Oc1ccccc1N)c1cncc(B2OC(C)(C)C(C)(C)O2)c1. The molecule has 3 rings (SSSR count). The lowest BCUT2D eigenvalue weighted by atomic mass is 9.79. The molecule has 0 spiro atoms. The normalized spacial score (nSPS) is 18.2. The molecule has 2 aromatic rings. The first kappa shape index (κ1) is 17.5. The maximum absolute atomic E-state index is 6.07. The summed E-state index contributed by atoms with van der Waals surface area (Å²) < 4.78 is 17.9. The highest BCUT2D eigenvalue weighted by Crippen LogP contribution is 2.36. The standard InChI is InChI=1S/C19H23BN2O3/c1-13(23-17-9-7-6-8-16(17)21)14-10-15(12-22-11-14)20-24-18(2,3)19(4,5)25-20/h6-12H,1,21H2,2-5H3. The fraction of sp³-hybridized carbons (Fsp3) is 0.316. The van der Waals surface area contributed by atoms with E-state index in [1.54, 1.807) is 24.5 Å². The zero-order valence-corrected chi connectivity index (χ0v) is 15.1.